The predicted molar refractivity (Wildman–Crippen MR) is 157 cm³/mol. The van der Waals surface area contributed by atoms with Crippen LogP contribution in [-0.4, -0.2) is 65.9 Å². The van der Waals surface area contributed by atoms with Gasteiger partial charge in [0.2, 0.25) is 11.8 Å². The molecule has 2 heterocycles. The monoisotopic (exact) mass is 574 g/mol. The Morgan fingerprint density at radius 3 is 2.40 bits per heavy atom. The standard InChI is InChI=1S/C31H35FN6O4/c1-36-16-11-22(12-17-36)37(2)30(41)35-27-19-24(10-15-34-27)42-23-8-9-26(25(32)18-23)38(20-21-6-4-3-5-7-21)29(40)31(13-14-31)28(33)39/h3-10,15,18-19,22H,11-14,16-17,20H2,1-2H3,(H2,33,39)(H,34,35,41). The molecule has 2 aromatic carbocycles. The number of ether oxygens (including phenoxy) is 1. The molecule has 3 aromatic rings. The minimum atomic E-state index is -1.31. The Labute approximate surface area is 244 Å². The quantitative estimate of drug-likeness (QED) is 0.366. The maximum absolute atomic E-state index is 15.5. The second-order valence-corrected chi connectivity index (χ2v) is 11.0. The van der Waals surface area contributed by atoms with Gasteiger partial charge in [-0.15, -0.1) is 0 Å². The van der Waals surface area contributed by atoms with Gasteiger partial charge in [-0.1, -0.05) is 30.3 Å². The van der Waals surface area contributed by atoms with Crippen molar-refractivity contribution in [2.75, 3.05) is 37.4 Å². The van der Waals surface area contributed by atoms with E-state index < -0.39 is 23.0 Å². The molecule has 42 heavy (non-hydrogen) atoms. The van der Waals surface area contributed by atoms with Crippen LogP contribution in [-0.2, 0) is 16.1 Å². The van der Waals surface area contributed by atoms with E-state index in [1.54, 1.807) is 30.1 Å². The molecule has 10 nitrogen and oxygen atoms in total. The van der Waals surface area contributed by atoms with Crippen molar-refractivity contribution >= 4 is 29.4 Å². The lowest BCUT2D eigenvalue weighted by molar-refractivity contribution is -0.133. The number of halogens is 1. The van der Waals surface area contributed by atoms with Gasteiger partial charge in [-0.25, -0.2) is 14.2 Å². The fraction of sp³-hybridized carbons (Fsp3) is 0.355. The molecule has 5 rings (SSSR count). The van der Waals surface area contributed by atoms with Crippen molar-refractivity contribution in [1.29, 1.82) is 0 Å². The van der Waals surface area contributed by atoms with E-state index in [-0.39, 0.29) is 30.1 Å². The molecule has 3 N–H and O–H groups in total. The van der Waals surface area contributed by atoms with Gasteiger partial charge in [-0.2, -0.15) is 0 Å². The first-order valence-electron chi connectivity index (χ1n) is 14.0. The van der Waals surface area contributed by atoms with Crippen molar-refractivity contribution in [2.45, 2.75) is 38.3 Å². The number of nitrogens with zero attached hydrogens (tertiary/aromatic N) is 4. The predicted octanol–water partition coefficient (Wildman–Crippen LogP) is 4.37. The van der Waals surface area contributed by atoms with Crippen molar-refractivity contribution in [3.63, 3.8) is 0 Å². The number of benzene rings is 2. The van der Waals surface area contributed by atoms with Gasteiger partial charge in [0.25, 0.3) is 0 Å². The normalized spacial score (nSPS) is 16.4. The summed E-state index contributed by atoms with van der Waals surface area (Å²) in [4.78, 5) is 47.8. The maximum Gasteiger partial charge on any atom is 0.323 e. The molecule has 0 spiro atoms. The molecule has 220 valence electrons. The van der Waals surface area contributed by atoms with Crippen molar-refractivity contribution in [1.82, 2.24) is 14.8 Å². The number of aromatic nitrogens is 1. The van der Waals surface area contributed by atoms with E-state index in [1.165, 1.54) is 23.2 Å². The number of urea groups is 1. The Morgan fingerprint density at radius 2 is 1.76 bits per heavy atom. The third-order valence-electron chi connectivity index (χ3n) is 8.03. The number of nitrogens with one attached hydrogen (secondary N) is 1. The highest BCUT2D eigenvalue weighted by Gasteiger charge is 2.57. The molecular weight excluding hydrogens is 539 g/mol. The highest BCUT2D eigenvalue weighted by Crippen LogP contribution is 2.48. The molecule has 1 aliphatic heterocycles. The Bertz CT molecular complexity index is 1460. The summed E-state index contributed by atoms with van der Waals surface area (Å²) in [6.45, 7) is 1.94. The molecule has 1 aromatic heterocycles. The summed E-state index contributed by atoms with van der Waals surface area (Å²) < 4.78 is 21.4. The molecule has 0 radical (unpaired) electrons. The fourth-order valence-corrected chi connectivity index (χ4v) is 5.18. The number of amides is 4. The van der Waals surface area contributed by atoms with Crippen LogP contribution in [0.25, 0.3) is 0 Å². The third-order valence-corrected chi connectivity index (χ3v) is 8.03. The number of piperidine rings is 1. The number of primary amides is 1. The number of anilines is 2. The molecule has 2 aliphatic rings. The SMILES string of the molecule is CN1CCC(N(C)C(=O)Nc2cc(Oc3ccc(N(Cc4ccccc4)C(=O)C4(C(N)=O)CC4)c(F)c3)ccn2)CC1. The molecule has 1 aliphatic carbocycles. The summed E-state index contributed by atoms with van der Waals surface area (Å²) in [6, 6.07) is 16.3. The molecule has 1 saturated carbocycles. The van der Waals surface area contributed by atoms with Crippen LogP contribution in [0.5, 0.6) is 11.5 Å². The van der Waals surface area contributed by atoms with Gasteiger partial charge >= 0.3 is 6.03 Å². The van der Waals surface area contributed by atoms with Gasteiger partial charge in [-0.05, 0) is 69.6 Å². The van der Waals surface area contributed by atoms with E-state index in [2.05, 4.69) is 22.2 Å². The molecule has 0 unspecified atom stereocenters. The summed E-state index contributed by atoms with van der Waals surface area (Å²) >= 11 is 0. The molecule has 0 atom stereocenters. The minimum absolute atomic E-state index is 0.0170. The number of pyridine rings is 1. The first-order chi connectivity index (χ1) is 20.2. The van der Waals surface area contributed by atoms with Crippen molar-refractivity contribution < 1.29 is 23.5 Å². The zero-order valence-corrected chi connectivity index (χ0v) is 23.8. The van der Waals surface area contributed by atoms with Crippen LogP contribution in [0.1, 0.15) is 31.2 Å². The summed E-state index contributed by atoms with van der Waals surface area (Å²) in [5.74, 6) is -1.09. The molecule has 2 fully saturated rings. The summed E-state index contributed by atoms with van der Waals surface area (Å²) in [6.07, 6.45) is 3.96. The highest BCUT2D eigenvalue weighted by molar-refractivity contribution is 6.13. The first-order valence-corrected chi connectivity index (χ1v) is 14.0. The molecule has 0 bridgehead atoms. The van der Waals surface area contributed by atoms with Crippen LogP contribution in [0.2, 0.25) is 0 Å². The van der Waals surface area contributed by atoms with Gasteiger partial charge in [0.05, 0.1) is 12.2 Å². The van der Waals surface area contributed by atoms with E-state index in [9.17, 15) is 14.4 Å². The lowest BCUT2D eigenvalue weighted by atomic mass is 10.0. The van der Waals surface area contributed by atoms with Crippen molar-refractivity contribution in [2.24, 2.45) is 11.1 Å². The number of hydrogen-bond donors (Lipinski definition) is 2. The second-order valence-electron chi connectivity index (χ2n) is 11.0. The van der Waals surface area contributed by atoms with Gasteiger partial charge < -0.3 is 25.2 Å². The van der Waals surface area contributed by atoms with E-state index in [4.69, 9.17) is 10.5 Å². The lowest BCUT2D eigenvalue weighted by Crippen LogP contribution is -2.46. The van der Waals surface area contributed by atoms with Crippen LogP contribution in [0.3, 0.4) is 0 Å². The largest absolute Gasteiger partial charge is 0.457 e. The highest BCUT2D eigenvalue weighted by atomic mass is 19.1. The van der Waals surface area contributed by atoms with Crippen molar-refractivity contribution in [3.8, 4) is 11.5 Å². The molecule has 11 heteroatoms. The lowest BCUT2D eigenvalue weighted by Gasteiger charge is -2.34. The van der Waals surface area contributed by atoms with E-state index >= 15 is 4.39 Å². The Balaban J connectivity index is 1.30. The van der Waals surface area contributed by atoms with E-state index in [0.717, 1.165) is 31.5 Å². The zero-order chi connectivity index (χ0) is 29.9. The maximum atomic E-state index is 15.5. The van der Waals surface area contributed by atoms with Crippen molar-refractivity contribution in [3.05, 3.63) is 78.2 Å². The number of rotatable bonds is 9. The van der Waals surface area contributed by atoms with Gasteiger partial charge in [0.15, 0.2) is 5.82 Å². The van der Waals surface area contributed by atoms with Crippen LogP contribution >= 0.6 is 0 Å². The summed E-state index contributed by atoms with van der Waals surface area (Å²) in [5, 5.41) is 2.80. The van der Waals surface area contributed by atoms with Gasteiger partial charge in [-0.3, -0.25) is 14.9 Å². The number of likely N-dealkylation sites (tertiary alicyclic amines) is 1. The number of hydrogen-bond acceptors (Lipinski definition) is 6. The number of carbonyl (C=O) groups is 3. The Kier molecular flexibility index (Phi) is 8.39. The Morgan fingerprint density at radius 1 is 1.07 bits per heavy atom. The van der Waals surface area contributed by atoms with Crippen LogP contribution in [0.4, 0.5) is 20.7 Å². The second kappa shape index (κ2) is 12.2. The van der Waals surface area contributed by atoms with E-state index in [0.29, 0.717) is 24.4 Å². The molecule has 1 saturated heterocycles. The Hall–Kier alpha value is -4.51. The van der Waals surface area contributed by atoms with Crippen LogP contribution in [0, 0.1) is 11.2 Å². The fourth-order valence-electron chi connectivity index (χ4n) is 5.18. The average molecular weight is 575 g/mol. The van der Waals surface area contributed by atoms with Crippen LogP contribution < -0.4 is 20.7 Å². The number of carbonyl (C=O) groups excluding carboxylic acids is 3. The van der Waals surface area contributed by atoms with Crippen LogP contribution in [0.15, 0.2) is 66.9 Å². The third kappa shape index (κ3) is 6.36. The topological polar surface area (TPSA) is 121 Å². The molecule has 4 amide bonds. The zero-order valence-electron chi connectivity index (χ0n) is 23.8. The first kappa shape index (κ1) is 29.0. The average Bonchev–Trinajstić information content (AvgIpc) is 3.79. The van der Waals surface area contributed by atoms with Gasteiger partial charge in [0, 0.05) is 31.4 Å². The minimum Gasteiger partial charge on any atom is -0.457 e. The molecular formula is C31H35FN6O4. The summed E-state index contributed by atoms with van der Waals surface area (Å²) in [7, 11) is 3.84. The number of nitrogens with two attached hydrogens (primary N) is 1. The van der Waals surface area contributed by atoms with E-state index in [1.807, 2.05) is 30.3 Å². The smallest absolute Gasteiger partial charge is 0.323 e. The van der Waals surface area contributed by atoms with Gasteiger partial charge in [0.1, 0.15) is 22.7 Å². The summed E-state index contributed by atoms with van der Waals surface area (Å²) in [5.41, 5.74) is 5.04.